The largest absolute Gasteiger partial charge is 0.325 e. The molecule has 2 aromatic rings. The maximum atomic E-state index is 13.8. The summed E-state index contributed by atoms with van der Waals surface area (Å²) < 4.78 is 13.8. The van der Waals surface area contributed by atoms with Crippen LogP contribution in [0.4, 0.5) is 10.1 Å². The Bertz CT molecular complexity index is 788. The van der Waals surface area contributed by atoms with Crippen LogP contribution in [0.3, 0.4) is 0 Å². The first-order chi connectivity index (χ1) is 12.0. The number of allylic oxidation sites excluding steroid dienone is 1. The number of hydrogen-bond acceptors (Lipinski definition) is 3. The van der Waals surface area contributed by atoms with E-state index in [4.69, 9.17) is 0 Å². The second kappa shape index (κ2) is 8.33. The minimum absolute atomic E-state index is 0.173. The summed E-state index contributed by atoms with van der Waals surface area (Å²) in [5, 5.41) is 2.81. The number of rotatable bonds is 7. The Hall–Kier alpha value is -2.82. The number of anilines is 1. The van der Waals surface area contributed by atoms with Crippen molar-refractivity contribution in [2.45, 2.75) is 26.2 Å². The average Bonchev–Trinajstić information content (AvgIpc) is 2.62. The molecule has 1 N–H and O–H groups in total. The van der Waals surface area contributed by atoms with Crippen LogP contribution in [0.1, 0.15) is 31.9 Å². The molecule has 0 saturated heterocycles. The van der Waals surface area contributed by atoms with Crippen molar-refractivity contribution in [1.82, 2.24) is 9.97 Å². The predicted octanol–water partition coefficient (Wildman–Crippen LogP) is 4.72. The van der Waals surface area contributed by atoms with E-state index in [1.807, 2.05) is 19.1 Å². The van der Waals surface area contributed by atoms with Crippen molar-refractivity contribution in [1.29, 1.82) is 0 Å². The van der Waals surface area contributed by atoms with Crippen LogP contribution in [0.2, 0.25) is 0 Å². The van der Waals surface area contributed by atoms with E-state index in [0.717, 1.165) is 12.1 Å². The van der Waals surface area contributed by atoms with Crippen molar-refractivity contribution in [3.8, 4) is 11.3 Å². The zero-order valence-electron chi connectivity index (χ0n) is 14.5. The molecule has 1 unspecified atom stereocenters. The molecule has 1 aromatic carbocycles. The molecule has 0 spiro atoms. The molecule has 2 rings (SSSR count). The number of nitrogens with one attached hydrogen (secondary N) is 1. The Balaban J connectivity index is 2.43. The van der Waals surface area contributed by atoms with Gasteiger partial charge in [-0.05, 0) is 30.7 Å². The van der Waals surface area contributed by atoms with E-state index in [2.05, 4.69) is 28.4 Å². The molecule has 1 amide bonds. The molecule has 0 aliphatic rings. The van der Waals surface area contributed by atoms with Gasteiger partial charge in [-0.2, -0.15) is 0 Å². The molecule has 25 heavy (non-hydrogen) atoms. The fraction of sp³-hybridized carbons (Fsp3) is 0.250. The van der Waals surface area contributed by atoms with Gasteiger partial charge in [-0.15, -0.1) is 13.2 Å². The number of halogens is 1. The summed E-state index contributed by atoms with van der Waals surface area (Å²) >= 11 is 0. The molecule has 0 aliphatic carbocycles. The molecule has 0 aliphatic heterocycles. The molecule has 5 heteroatoms. The van der Waals surface area contributed by atoms with Crippen LogP contribution in [0, 0.1) is 11.7 Å². The maximum Gasteiger partial charge on any atom is 0.231 e. The van der Waals surface area contributed by atoms with Gasteiger partial charge in [0.15, 0.2) is 0 Å². The molecule has 130 valence electrons. The van der Waals surface area contributed by atoms with Gasteiger partial charge in [0.05, 0.1) is 17.3 Å². The van der Waals surface area contributed by atoms with Crippen molar-refractivity contribution < 1.29 is 9.18 Å². The summed E-state index contributed by atoms with van der Waals surface area (Å²) in [6.45, 7) is 11.1. The molecule has 0 bridgehead atoms. The minimum atomic E-state index is -0.399. The third-order valence-electron chi connectivity index (χ3n) is 4.00. The van der Waals surface area contributed by atoms with Crippen LogP contribution in [0.25, 0.3) is 11.3 Å². The first-order valence-corrected chi connectivity index (χ1v) is 8.12. The quantitative estimate of drug-likeness (QED) is 0.742. The van der Waals surface area contributed by atoms with Gasteiger partial charge in [0.25, 0.3) is 0 Å². The van der Waals surface area contributed by atoms with Crippen LogP contribution in [-0.2, 0) is 4.79 Å². The first kappa shape index (κ1) is 18.5. The van der Waals surface area contributed by atoms with Gasteiger partial charge < -0.3 is 5.32 Å². The Morgan fingerprint density at radius 1 is 1.28 bits per heavy atom. The van der Waals surface area contributed by atoms with Crippen LogP contribution < -0.4 is 5.32 Å². The van der Waals surface area contributed by atoms with Gasteiger partial charge in [-0.25, -0.2) is 14.4 Å². The van der Waals surface area contributed by atoms with Crippen LogP contribution >= 0.6 is 0 Å². The third kappa shape index (κ3) is 4.59. The number of hydrogen-bond donors (Lipinski definition) is 1. The van der Waals surface area contributed by atoms with Gasteiger partial charge in [-0.3, -0.25) is 4.79 Å². The van der Waals surface area contributed by atoms with E-state index < -0.39 is 5.82 Å². The van der Waals surface area contributed by atoms with E-state index in [9.17, 15) is 9.18 Å². The van der Waals surface area contributed by atoms with Gasteiger partial charge in [0.1, 0.15) is 12.1 Å². The number of carbonyl (C=O) groups excluding carboxylic acids is 1. The zero-order valence-corrected chi connectivity index (χ0v) is 14.5. The van der Waals surface area contributed by atoms with E-state index >= 15 is 0 Å². The number of nitrogens with zero attached hydrogens (tertiary/aromatic N) is 2. The number of aromatic nitrogens is 2. The Morgan fingerprint density at radius 3 is 2.72 bits per heavy atom. The third-order valence-corrected chi connectivity index (χ3v) is 4.00. The smallest absolute Gasteiger partial charge is 0.231 e. The molecule has 0 fully saturated rings. The molecule has 0 saturated carbocycles. The lowest BCUT2D eigenvalue weighted by Crippen LogP contribution is -2.19. The minimum Gasteiger partial charge on any atom is -0.325 e. The summed E-state index contributed by atoms with van der Waals surface area (Å²) in [4.78, 5) is 20.7. The van der Waals surface area contributed by atoms with Gasteiger partial charge in [0.2, 0.25) is 5.91 Å². The van der Waals surface area contributed by atoms with Crippen molar-refractivity contribution in [2.75, 3.05) is 5.32 Å². The Kier molecular flexibility index (Phi) is 6.17. The van der Waals surface area contributed by atoms with Crippen LogP contribution in [0.5, 0.6) is 0 Å². The SMILES string of the molecule is C=CCC(C)c1cc(-c2cc(F)ccc2NC(=O)[C@H](C)C=C)ncn1. The standard InChI is InChI=1S/C20H22FN3O/c1-5-7-14(4)18-11-19(23-12-22-18)16-10-15(21)8-9-17(16)24-20(25)13(3)6-2/h5-6,8-14H,1-2,7H2,3-4H3,(H,24,25)/t13-,14?/m1/s1. The van der Waals surface area contributed by atoms with Gasteiger partial charge >= 0.3 is 0 Å². The molecule has 2 atom stereocenters. The number of carbonyl (C=O) groups is 1. The highest BCUT2D eigenvalue weighted by molar-refractivity contribution is 5.97. The van der Waals surface area contributed by atoms with Crippen molar-refractivity contribution in [3.63, 3.8) is 0 Å². The number of benzene rings is 1. The normalized spacial score (nSPS) is 12.9. The molecule has 1 heterocycles. The highest BCUT2D eigenvalue weighted by atomic mass is 19.1. The van der Waals surface area contributed by atoms with E-state index in [0.29, 0.717) is 16.9 Å². The average molecular weight is 339 g/mol. The van der Waals surface area contributed by atoms with Gasteiger partial charge in [-0.1, -0.05) is 26.0 Å². The number of amides is 1. The van der Waals surface area contributed by atoms with Crippen LogP contribution in [0.15, 0.2) is 55.9 Å². The van der Waals surface area contributed by atoms with E-state index in [1.54, 1.807) is 13.0 Å². The lowest BCUT2D eigenvalue weighted by atomic mass is 10.0. The summed E-state index contributed by atoms with van der Waals surface area (Å²) in [7, 11) is 0. The lowest BCUT2D eigenvalue weighted by molar-refractivity contribution is -0.118. The highest BCUT2D eigenvalue weighted by Crippen LogP contribution is 2.29. The van der Waals surface area contributed by atoms with Crippen molar-refractivity contribution in [2.24, 2.45) is 5.92 Å². The first-order valence-electron chi connectivity index (χ1n) is 8.12. The van der Waals surface area contributed by atoms with Gasteiger partial charge in [0, 0.05) is 17.2 Å². The molecular weight excluding hydrogens is 317 g/mol. The monoisotopic (exact) mass is 339 g/mol. The summed E-state index contributed by atoms with van der Waals surface area (Å²) in [6, 6.07) is 6.02. The topological polar surface area (TPSA) is 54.9 Å². The fourth-order valence-electron chi connectivity index (χ4n) is 2.35. The summed E-state index contributed by atoms with van der Waals surface area (Å²) in [6.07, 6.45) is 5.61. The Morgan fingerprint density at radius 2 is 2.04 bits per heavy atom. The molecular formula is C20H22FN3O. The second-order valence-corrected chi connectivity index (χ2v) is 5.96. The Labute approximate surface area is 147 Å². The van der Waals surface area contributed by atoms with Crippen molar-refractivity contribution in [3.05, 3.63) is 67.4 Å². The molecule has 0 radical (unpaired) electrons. The highest BCUT2D eigenvalue weighted by Gasteiger charge is 2.15. The molecule has 4 nitrogen and oxygen atoms in total. The predicted molar refractivity (Wildman–Crippen MR) is 98.6 cm³/mol. The van der Waals surface area contributed by atoms with Crippen molar-refractivity contribution >= 4 is 11.6 Å². The molecule has 1 aromatic heterocycles. The zero-order chi connectivity index (χ0) is 18.4. The van der Waals surface area contributed by atoms with E-state index in [1.165, 1.54) is 24.5 Å². The van der Waals surface area contributed by atoms with E-state index in [-0.39, 0.29) is 17.7 Å². The second-order valence-electron chi connectivity index (χ2n) is 5.96. The lowest BCUT2D eigenvalue weighted by Gasteiger charge is -2.14. The summed E-state index contributed by atoms with van der Waals surface area (Å²) in [5.41, 5.74) is 2.41. The maximum absolute atomic E-state index is 13.8. The van der Waals surface area contributed by atoms with Crippen LogP contribution in [-0.4, -0.2) is 15.9 Å². The fourth-order valence-corrected chi connectivity index (χ4v) is 2.35. The summed E-state index contributed by atoms with van der Waals surface area (Å²) in [5.74, 6) is -0.792.